The first-order valence-corrected chi connectivity index (χ1v) is 6.90. The number of halogens is 2. The Balaban J connectivity index is 2.69. The van der Waals surface area contributed by atoms with Gasteiger partial charge in [0.1, 0.15) is 5.40 Å². The van der Waals surface area contributed by atoms with E-state index in [4.69, 9.17) is 28.5 Å². The summed E-state index contributed by atoms with van der Waals surface area (Å²) < 4.78 is 0. The molecule has 0 unspecified atom stereocenters. The average molecular weight is 325 g/mol. The smallest absolute Gasteiger partial charge is 0.258 e. The van der Waals surface area contributed by atoms with Gasteiger partial charge in [-0.3, -0.25) is 10.1 Å². The van der Waals surface area contributed by atoms with Crippen LogP contribution in [-0.4, -0.2) is 4.92 Å². The van der Waals surface area contributed by atoms with E-state index in [1.165, 1.54) is 18.2 Å². The number of nitro groups is 1. The Bertz CT molecular complexity index is 729. The van der Waals surface area contributed by atoms with Crippen LogP contribution in [0.3, 0.4) is 0 Å². The zero-order valence-electron chi connectivity index (χ0n) is 9.84. The minimum atomic E-state index is -0.497. The van der Waals surface area contributed by atoms with Gasteiger partial charge in [0.25, 0.3) is 5.69 Å². The molecule has 0 aliphatic heterocycles. The molecule has 0 amide bonds. The van der Waals surface area contributed by atoms with Gasteiger partial charge in [-0.25, -0.2) is 0 Å². The fourth-order valence-corrected chi connectivity index (χ4v) is 2.61. The minimum absolute atomic E-state index is 0.0710. The second-order valence-corrected chi connectivity index (χ2v) is 5.34. The summed E-state index contributed by atoms with van der Waals surface area (Å²) in [6, 6.07) is 9.29. The predicted octanol–water partition coefficient (Wildman–Crippen LogP) is 5.14. The number of hydrogen-bond donors (Lipinski definition) is 0. The van der Waals surface area contributed by atoms with Crippen LogP contribution in [0.4, 0.5) is 5.69 Å². The van der Waals surface area contributed by atoms with E-state index < -0.39 is 4.92 Å². The number of nitrogens with zero attached hydrogens (tertiary/aromatic N) is 2. The molecule has 7 heteroatoms. The average Bonchev–Trinajstić information content (AvgIpc) is 2.43. The highest BCUT2D eigenvalue weighted by Crippen LogP contribution is 2.39. The van der Waals surface area contributed by atoms with E-state index in [0.29, 0.717) is 26.1 Å². The molecule has 0 bridgehead atoms. The predicted molar refractivity (Wildman–Crippen MR) is 80.0 cm³/mol. The van der Waals surface area contributed by atoms with Crippen LogP contribution in [0.25, 0.3) is 11.1 Å². The lowest BCUT2D eigenvalue weighted by atomic mass is 10.0. The topological polar surface area (TPSA) is 66.9 Å². The number of nitriles is 1. The van der Waals surface area contributed by atoms with Gasteiger partial charge in [0.05, 0.1) is 15.0 Å². The lowest BCUT2D eigenvalue weighted by Crippen LogP contribution is -1.91. The molecule has 0 aromatic heterocycles. The fourth-order valence-electron chi connectivity index (χ4n) is 1.69. The molecule has 0 atom stereocenters. The summed E-state index contributed by atoms with van der Waals surface area (Å²) in [5, 5.41) is 22.3. The molecule has 0 saturated carbocycles. The number of nitro benzene ring substituents is 1. The Morgan fingerprint density at radius 3 is 2.60 bits per heavy atom. The largest absolute Gasteiger partial charge is 0.270 e. The van der Waals surface area contributed by atoms with Crippen LogP contribution < -0.4 is 0 Å². The molecule has 100 valence electrons. The Kier molecular flexibility index (Phi) is 4.50. The van der Waals surface area contributed by atoms with Crippen LogP contribution in [0, 0.1) is 20.8 Å². The summed E-state index contributed by atoms with van der Waals surface area (Å²) >= 11 is 13.0. The van der Waals surface area contributed by atoms with Crippen LogP contribution in [-0.2, 0) is 0 Å². The summed E-state index contributed by atoms with van der Waals surface area (Å²) in [6.07, 6.45) is 0. The summed E-state index contributed by atoms with van der Waals surface area (Å²) in [7, 11) is 0. The summed E-state index contributed by atoms with van der Waals surface area (Å²) in [5.41, 5.74) is 0.997. The standard InChI is InChI=1S/C13H6Cl2N2O2S/c14-11-3-1-2-9(13(11)15)10-6-8(17(18)19)4-5-12(10)20-7-16/h1-6H. The van der Waals surface area contributed by atoms with E-state index in [-0.39, 0.29) is 5.69 Å². The molecule has 0 aliphatic rings. The van der Waals surface area contributed by atoms with E-state index in [1.807, 2.05) is 5.40 Å². The monoisotopic (exact) mass is 324 g/mol. The molecule has 2 rings (SSSR count). The Morgan fingerprint density at radius 1 is 1.20 bits per heavy atom. The lowest BCUT2D eigenvalue weighted by molar-refractivity contribution is -0.384. The molecule has 2 aromatic carbocycles. The van der Waals surface area contributed by atoms with Crippen molar-refractivity contribution in [3.63, 3.8) is 0 Å². The van der Waals surface area contributed by atoms with Gasteiger partial charge < -0.3 is 0 Å². The van der Waals surface area contributed by atoms with Gasteiger partial charge in [-0.2, -0.15) is 5.26 Å². The molecule has 0 aliphatic carbocycles. The quantitative estimate of drug-likeness (QED) is 0.339. The van der Waals surface area contributed by atoms with Crippen molar-refractivity contribution in [2.75, 3.05) is 0 Å². The van der Waals surface area contributed by atoms with Crippen molar-refractivity contribution in [3.05, 3.63) is 56.6 Å². The van der Waals surface area contributed by atoms with Crippen molar-refractivity contribution >= 4 is 40.7 Å². The first-order chi connectivity index (χ1) is 9.54. The fraction of sp³-hybridized carbons (Fsp3) is 0. The van der Waals surface area contributed by atoms with Crippen LogP contribution in [0.1, 0.15) is 0 Å². The molecule has 2 aromatic rings. The molecule has 0 N–H and O–H groups in total. The van der Waals surface area contributed by atoms with Crippen LogP contribution in [0.2, 0.25) is 10.0 Å². The Labute approximate surface area is 129 Å². The number of non-ortho nitro benzene ring substituents is 1. The Morgan fingerprint density at radius 2 is 1.95 bits per heavy atom. The third kappa shape index (κ3) is 2.88. The van der Waals surface area contributed by atoms with Gasteiger partial charge in [-0.15, -0.1) is 0 Å². The van der Waals surface area contributed by atoms with Crippen molar-refractivity contribution in [3.8, 4) is 16.5 Å². The van der Waals surface area contributed by atoms with Crippen molar-refractivity contribution in [1.82, 2.24) is 0 Å². The highest BCUT2D eigenvalue weighted by atomic mass is 35.5. The number of hydrogen-bond acceptors (Lipinski definition) is 4. The van der Waals surface area contributed by atoms with Gasteiger partial charge in [0, 0.05) is 28.2 Å². The molecule has 0 saturated heterocycles. The van der Waals surface area contributed by atoms with Crippen LogP contribution >= 0.6 is 35.0 Å². The maximum Gasteiger partial charge on any atom is 0.270 e. The highest BCUT2D eigenvalue weighted by molar-refractivity contribution is 8.03. The molecule has 0 spiro atoms. The molecule has 20 heavy (non-hydrogen) atoms. The second-order valence-electron chi connectivity index (χ2n) is 3.73. The van der Waals surface area contributed by atoms with Gasteiger partial charge >= 0.3 is 0 Å². The van der Waals surface area contributed by atoms with Crippen molar-refractivity contribution < 1.29 is 4.92 Å². The van der Waals surface area contributed by atoms with E-state index in [2.05, 4.69) is 0 Å². The second kappa shape index (κ2) is 6.14. The zero-order valence-corrected chi connectivity index (χ0v) is 12.2. The number of benzene rings is 2. The van der Waals surface area contributed by atoms with Gasteiger partial charge in [-0.05, 0) is 23.9 Å². The number of thioether (sulfide) groups is 1. The van der Waals surface area contributed by atoms with Gasteiger partial charge in [0.2, 0.25) is 0 Å². The SMILES string of the molecule is N#CSc1ccc([N+](=O)[O-])cc1-c1cccc(Cl)c1Cl. The molecule has 0 radical (unpaired) electrons. The van der Waals surface area contributed by atoms with E-state index in [0.717, 1.165) is 11.8 Å². The van der Waals surface area contributed by atoms with E-state index >= 15 is 0 Å². The zero-order chi connectivity index (χ0) is 14.7. The lowest BCUT2D eigenvalue weighted by Gasteiger charge is -2.09. The number of thiocyanates is 1. The van der Waals surface area contributed by atoms with Crippen molar-refractivity contribution in [2.24, 2.45) is 0 Å². The van der Waals surface area contributed by atoms with E-state index in [1.54, 1.807) is 18.2 Å². The molecule has 0 fully saturated rings. The van der Waals surface area contributed by atoms with E-state index in [9.17, 15) is 10.1 Å². The summed E-state index contributed by atoms with van der Waals surface area (Å²) in [5.74, 6) is 0. The van der Waals surface area contributed by atoms with Crippen molar-refractivity contribution in [2.45, 2.75) is 4.90 Å². The molecule has 4 nitrogen and oxygen atoms in total. The third-order valence-electron chi connectivity index (χ3n) is 2.57. The van der Waals surface area contributed by atoms with Crippen LogP contribution in [0.15, 0.2) is 41.3 Å². The summed E-state index contributed by atoms with van der Waals surface area (Å²) in [4.78, 5) is 11.0. The van der Waals surface area contributed by atoms with Crippen LogP contribution in [0.5, 0.6) is 0 Å². The minimum Gasteiger partial charge on any atom is -0.258 e. The molecular weight excluding hydrogens is 319 g/mol. The van der Waals surface area contributed by atoms with Crippen molar-refractivity contribution in [1.29, 1.82) is 5.26 Å². The first-order valence-electron chi connectivity index (χ1n) is 5.33. The maximum atomic E-state index is 10.9. The Hall–Kier alpha value is -1.74. The third-order valence-corrected chi connectivity index (χ3v) is 4.06. The number of rotatable bonds is 3. The maximum absolute atomic E-state index is 10.9. The molecule has 0 heterocycles. The summed E-state index contributed by atoms with van der Waals surface area (Å²) in [6.45, 7) is 0. The highest BCUT2D eigenvalue weighted by Gasteiger charge is 2.16. The molecular formula is C13H6Cl2N2O2S. The van der Waals surface area contributed by atoms with Gasteiger partial charge in [-0.1, -0.05) is 35.3 Å². The first kappa shape index (κ1) is 14.7. The normalized spacial score (nSPS) is 10.1. The van der Waals surface area contributed by atoms with Gasteiger partial charge in [0.15, 0.2) is 0 Å².